The summed E-state index contributed by atoms with van der Waals surface area (Å²) in [5.74, 6) is -0.749. The van der Waals surface area contributed by atoms with Crippen LogP contribution in [0.15, 0.2) is 10.3 Å². The van der Waals surface area contributed by atoms with Gasteiger partial charge in [0.15, 0.2) is 11.7 Å². The maximum Gasteiger partial charge on any atom is 0.170 e. The van der Waals surface area contributed by atoms with E-state index in [1.165, 1.54) is 0 Å². The Morgan fingerprint density at radius 1 is 0.610 bits per heavy atom. The van der Waals surface area contributed by atoms with E-state index in [1.54, 1.807) is 0 Å². The Kier molecular flexibility index (Phi) is 14.0. The molecule has 12 nitrogen and oxygen atoms in total. The predicted molar refractivity (Wildman–Crippen MR) is 159 cm³/mol. The van der Waals surface area contributed by atoms with Crippen LogP contribution in [0.3, 0.4) is 0 Å². The molecule has 0 heterocycles. The first-order valence-electron chi connectivity index (χ1n) is 13.8. The second kappa shape index (κ2) is 15.7. The van der Waals surface area contributed by atoms with Gasteiger partial charge in [-0.25, -0.2) is 16.8 Å². The number of nitrogens with zero attached hydrogens (tertiary/aromatic N) is 2. The van der Waals surface area contributed by atoms with E-state index in [-0.39, 0.29) is 61.4 Å². The minimum absolute atomic E-state index is 0.00754. The van der Waals surface area contributed by atoms with Gasteiger partial charge in [0.25, 0.3) is 0 Å². The normalized spacial score (nSPS) is 13.6. The Morgan fingerprint density at radius 3 is 1.20 bits per heavy atom. The average Bonchev–Trinajstić information content (AvgIpc) is 2.81. The van der Waals surface area contributed by atoms with Crippen molar-refractivity contribution in [2.75, 3.05) is 24.7 Å². The molecule has 4 N–H and O–H groups in total. The summed E-state index contributed by atoms with van der Waals surface area (Å²) in [6.45, 7) is 16.3. The molecule has 14 heteroatoms. The Balaban J connectivity index is 3.75. The van der Waals surface area contributed by atoms with Gasteiger partial charge in [0.2, 0.25) is 0 Å². The molecule has 0 saturated heterocycles. The minimum atomic E-state index is -4.35. The Bertz CT molecular complexity index is 1260. The highest BCUT2D eigenvalue weighted by atomic mass is 32.2. The van der Waals surface area contributed by atoms with Crippen LogP contribution in [0, 0.1) is 0 Å². The molecule has 0 unspecified atom stereocenters. The van der Waals surface area contributed by atoms with E-state index >= 15 is 0 Å². The van der Waals surface area contributed by atoms with Gasteiger partial charge in [-0.3, -0.25) is 0 Å². The lowest BCUT2D eigenvalue weighted by Crippen LogP contribution is -2.29. The number of unbranched alkanes of at least 4 members (excludes halogenated alkanes) is 1. The molecule has 1 aromatic carbocycles. The molecule has 0 aliphatic carbocycles. The van der Waals surface area contributed by atoms with Gasteiger partial charge >= 0.3 is 0 Å². The largest absolute Gasteiger partial charge is 0.748 e. The van der Waals surface area contributed by atoms with Crippen LogP contribution in [0.25, 0.3) is 0 Å². The lowest BCUT2D eigenvalue weighted by Gasteiger charge is -2.32. The fourth-order valence-corrected chi connectivity index (χ4v) is 5.88. The maximum absolute atomic E-state index is 10.9. The highest BCUT2D eigenvalue weighted by molar-refractivity contribution is 7.85. The van der Waals surface area contributed by atoms with Gasteiger partial charge in [-0.05, 0) is 65.2 Å². The SMILES string of the molecule is CC(C)c1c(/C(N)=N/OCCCCS(=O)(=O)[O-])c(C(C)C)c(C(C)C)c(/C(N)=N/OCCCS(=O)(=O)[O-])c1C(C)C. The lowest BCUT2D eigenvalue weighted by atomic mass is 9.73. The number of benzene rings is 1. The van der Waals surface area contributed by atoms with Gasteiger partial charge in [-0.15, -0.1) is 0 Å². The van der Waals surface area contributed by atoms with E-state index in [4.69, 9.17) is 21.1 Å². The van der Waals surface area contributed by atoms with Crippen LogP contribution >= 0.6 is 0 Å². The Labute approximate surface area is 245 Å². The fraction of sp³-hybridized carbons (Fsp3) is 0.704. The number of amidine groups is 2. The number of nitrogens with two attached hydrogens (primary N) is 2. The smallest absolute Gasteiger partial charge is 0.170 e. The van der Waals surface area contributed by atoms with Crippen LogP contribution in [0.4, 0.5) is 0 Å². The summed E-state index contributed by atoms with van der Waals surface area (Å²) in [7, 11) is -8.64. The second-order valence-electron chi connectivity index (χ2n) is 11.2. The fourth-order valence-electron chi connectivity index (χ4n) is 4.85. The molecule has 1 aromatic rings. The van der Waals surface area contributed by atoms with Gasteiger partial charge in [0.05, 0.1) is 20.2 Å². The van der Waals surface area contributed by atoms with E-state index < -0.39 is 31.7 Å². The molecule has 236 valence electrons. The van der Waals surface area contributed by atoms with Gasteiger partial charge in [-0.2, -0.15) is 0 Å². The molecule has 0 amide bonds. The number of hydrogen-bond acceptors (Lipinski definition) is 10. The van der Waals surface area contributed by atoms with Crippen LogP contribution in [0.5, 0.6) is 0 Å². The summed E-state index contributed by atoms with van der Waals surface area (Å²) in [5, 5.41) is 8.30. The molecule has 0 bridgehead atoms. The van der Waals surface area contributed by atoms with E-state index in [0.717, 1.165) is 33.4 Å². The van der Waals surface area contributed by atoms with Crippen molar-refractivity contribution in [1.82, 2.24) is 0 Å². The highest BCUT2D eigenvalue weighted by Crippen LogP contribution is 2.42. The molecule has 41 heavy (non-hydrogen) atoms. The first kappa shape index (κ1) is 36.6. The number of rotatable bonds is 17. The van der Waals surface area contributed by atoms with Gasteiger partial charge in [-0.1, -0.05) is 65.7 Å². The van der Waals surface area contributed by atoms with E-state index in [9.17, 15) is 25.9 Å². The van der Waals surface area contributed by atoms with Crippen molar-refractivity contribution >= 4 is 31.9 Å². The topological polar surface area (TPSA) is 210 Å². The van der Waals surface area contributed by atoms with Gasteiger partial charge < -0.3 is 30.2 Å². The summed E-state index contributed by atoms with van der Waals surface area (Å²) in [5.41, 5.74) is 18.3. The average molecular weight is 619 g/mol. The molecule has 0 atom stereocenters. The van der Waals surface area contributed by atoms with Crippen LogP contribution in [0.1, 0.15) is 132 Å². The van der Waals surface area contributed by atoms with Crippen molar-refractivity contribution in [2.45, 2.75) is 98.3 Å². The molecule has 0 aliphatic heterocycles. The first-order chi connectivity index (χ1) is 18.8. The van der Waals surface area contributed by atoms with Crippen molar-refractivity contribution in [1.29, 1.82) is 0 Å². The van der Waals surface area contributed by atoms with Crippen molar-refractivity contribution in [3.8, 4) is 0 Å². The van der Waals surface area contributed by atoms with Crippen molar-refractivity contribution in [3.63, 3.8) is 0 Å². The van der Waals surface area contributed by atoms with Crippen molar-refractivity contribution in [3.05, 3.63) is 33.4 Å². The number of oxime groups is 2. The van der Waals surface area contributed by atoms with Crippen molar-refractivity contribution < 1.29 is 35.6 Å². The monoisotopic (exact) mass is 618 g/mol. The zero-order chi connectivity index (χ0) is 31.7. The first-order valence-corrected chi connectivity index (χ1v) is 17.0. The van der Waals surface area contributed by atoms with Gasteiger partial charge in [0.1, 0.15) is 13.2 Å². The molecule has 1 rings (SSSR count). The summed E-state index contributed by atoms with van der Waals surface area (Å²) in [6.07, 6.45) is 0.476. The maximum atomic E-state index is 10.9. The van der Waals surface area contributed by atoms with Gasteiger partial charge in [0, 0.05) is 22.6 Å². The Hall–Kier alpha value is -2.42. The van der Waals surface area contributed by atoms with E-state index in [2.05, 4.69) is 10.3 Å². The third kappa shape index (κ3) is 11.4. The molecule has 0 saturated carbocycles. The summed E-state index contributed by atoms with van der Waals surface area (Å²) in [4.78, 5) is 10.8. The molecule has 0 spiro atoms. The molecular formula is C27H46N4O8S2-2. The van der Waals surface area contributed by atoms with Crippen molar-refractivity contribution in [2.24, 2.45) is 21.8 Å². The van der Waals surface area contributed by atoms with Crippen LogP contribution < -0.4 is 11.5 Å². The molecule has 0 aliphatic rings. The third-order valence-electron chi connectivity index (χ3n) is 6.32. The van der Waals surface area contributed by atoms with Crippen LogP contribution in [-0.4, -0.2) is 62.3 Å². The molecule has 0 aromatic heterocycles. The lowest BCUT2D eigenvalue weighted by molar-refractivity contribution is 0.141. The molecule has 0 radical (unpaired) electrons. The van der Waals surface area contributed by atoms with E-state index in [0.29, 0.717) is 6.42 Å². The summed E-state index contributed by atoms with van der Waals surface area (Å²) >= 11 is 0. The predicted octanol–water partition coefficient (Wildman–Crippen LogP) is 3.71. The number of hydrogen-bond donors (Lipinski definition) is 2. The zero-order valence-electron chi connectivity index (χ0n) is 25.4. The molecule has 0 fully saturated rings. The highest BCUT2D eigenvalue weighted by Gasteiger charge is 2.32. The Morgan fingerprint density at radius 2 is 0.902 bits per heavy atom. The minimum Gasteiger partial charge on any atom is -0.748 e. The zero-order valence-corrected chi connectivity index (χ0v) is 27.0. The van der Waals surface area contributed by atoms with E-state index in [1.807, 2.05) is 55.4 Å². The summed E-state index contributed by atoms with van der Waals surface area (Å²) in [6, 6.07) is 0. The summed E-state index contributed by atoms with van der Waals surface area (Å²) < 4.78 is 65.2. The van der Waals surface area contributed by atoms with Crippen LogP contribution in [-0.2, 0) is 29.9 Å². The third-order valence-corrected chi connectivity index (χ3v) is 7.89. The standard InChI is InChI=1S/C27H48N4O8S2/c1-16(2)20-22(18(5)6)25(27(29)31-39-13-11-15-41(35,36)37)23(19(7)8)21(17(3)4)24(20)26(28)30-38-12-9-10-14-40(32,33)34/h16-19H,9-15H2,1-8H3,(H2,28,30)(H2,29,31)(H,32,33,34)(H,35,36,37)/p-2. The second-order valence-corrected chi connectivity index (χ2v) is 14.3. The quantitative estimate of drug-likeness (QED) is 0.0849. The van der Waals surface area contributed by atoms with Crippen LogP contribution in [0.2, 0.25) is 0 Å². The molecular weight excluding hydrogens is 572 g/mol.